The van der Waals surface area contributed by atoms with E-state index >= 15 is 0 Å². The predicted octanol–water partition coefficient (Wildman–Crippen LogP) is 0.109. The molecule has 0 aromatic heterocycles. The first-order valence-corrected chi connectivity index (χ1v) is 5.75. The maximum absolute atomic E-state index is 12.2. The van der Waals surface area contributed by atoms with Gasteiger partial charge in [0.1, 0.15) is 6.04 Å². The monoisotopic (exact) mass is 205 g/mol. The first-order valence-electron chi connectivity index (χ1n) is 5.75. The number of carbonyl (C=O) groups is 1. The van der Waals surface area contributed by atoms with E-state index < -0.39 is 0 Å². The SMILES string of the molecule is N#C[C@@H]1CCCN1C(=O)[C@H]1NCC2CC21. The highest BCUT2D eigenvalue weighted by Crippen LogP contribution is 2.45. The molecule has 2 heterocycles. The minimum atomic E-state index is -0.169. The summed E-state index contributed by atoms with van der Waals surface area (Å²) >= 11 is 0. The van der Waals surface area contributed by atoms with Crippen LogP contribution in [0.5, 0.6) is 0 Å². The number of hydrogen-bond acceptors (Lipinski definition) is 3. The predicted molar refractivity (Wildman–Crippen MR) is 53.7 cm³/mol. The highest BCUT2D eigenvalue weighted by Gasteiger charge is 2.52. The van der Waals surface area contributed by atoms with E-state index in [1.807, 2.05) is 0 Å². The van der Waals surface area contributed by atoms with Crippen molar-refractivity contribution in [2.24, 2.45) is 11.8 Å². The summed E-state index contributed by atoms with van der Waals surface area (Å²) in [5.41, 5.74) is 0. The molecule has 0 aromatic carbocycles. The maximum atomic E-state index is 12.2. The van der Waals surface area contributed by atoms with E-state index in [9.17, 15) is 4.79 Å². The average Bonchev–Trinajstić information content (AvgIpc) is 2.75. The number of fused-ring (bicyclic) bond motifs is 1. The normalized spacial score (nSPS) is 42.5. The van der Waals surface area contributed by atoms with Crippen molar-refractivity contribution in [2.75, 3.05) is 13.1 Å². The lowest BCUT2D eigenvalue weighted by molar-refractivity contribution is -0.133. The molecule has 1 aliphatic carbocycles. The van der Waals surface area contributed by atoms with Crippen LogP contribution in [0.25, 0.3) is 0 Å². The van der Waals surface area contributed by atoms with Gasteiger partial charge >= 0.3 is 0 Å². The lowest BCUT2D eigenvalue weighted by atomic mass is 10.1. The Morgan fingerprint density at radius 2 is 2.40 bits per heavy atom. The summed E-state index contributed by atoms with van der Waals surface area (Å²) in [4.78, 5) is 13.9. The van der Waals surface area contributed by atoms with Crippen molar-refractivity contribution in [1.82, 2.24) is 10.2 Å². The van der Waals surface area contributed by atoms with Crippen LogP contribution < -0.4 is 5.32 Å². The van der Waals surface area contributed by atoms with Gasteiger partial charge < -0.3 is 10.2 Å². The van der Waals surface area contributed by atoms with Crippen molar-refractivity contribution in [3.63, 3.8) is 0 Å². The van der Waals surface area contributed by atoms with Gasteiger partial charge in [-0.15, -0.1) is 0 Å². The Balaban J connectivity index is 1.71. The minimum absolute atomic E-state index is 0.0175. The van der Waals surface area contributed by atoms with Gasteiger partial charge in [-0.3, -0.25) is 4.79 Å². The highest BCUT2D eigenvalue weighted by molar-refractivity contribution is 5.84. The molecule has 2 aliphatic heterocycles. The smallest absolute Gasteiger partial charge is 0.241 e. The summed E-state index contributed by atoms with van der Waals surface area (Å²) in [5.74, 6) is 1.48. The molecule has 15 heavy (non-hydrogen) atoms. The Bertz CT molecular complexity index is 335. The number of nitrogens with one attached hydrogen (secondary N) is 1. The van der Waals surface area contributed by atoms with Gasteiger partial charge in [0.25, 0.3) is 0 Å². The summed E-state index contributed by atoms with van der Waals surface area (Å²) in [6.45, 7) is 1.76. The molecule has 4 heteroatoms. The lowest BCUT2D eigenvalue weighted by Crippen LogP contribution is -2.47. The molecule has 1 N–H and O–H groups in total. The molecule has 0 spiro atoms. The van der Waals surface area contributed by atoms with Gasteiger partial charge in [-0.25, -0.2) is 0 Å². The van der Waals surface area contributed by atoms with Gasteiger partial charge in [-0.05, 0) is 37.6 Å². The first kappa shape index (κ1) is 9.17. The van der Waals surface area contributed by atoms with Crippen LogP contribution in [0.2, 0.25) is 0 Å². The molecule has 3 aliphatic rings. The molecular formula is C11H15N3O. The second-order valence-electron chi connectivity index (χ2n) is 4.86. The summed E-state index contributed by atoms with van der Waals surface area (Å²) < 4.78 is 0. The fraction of sp³-hybridized carbons (Fsp3) is 0.818. The molecule has 4 atom stereocenters. The van der Waals surface area contributed by atoms with Crippen molar-refractivity contribution in [1.29, 1.82) is 5.26 Å². The molecule has 0 bridgehead atoms. The summed E-state index contributed by atoms with van der Waals surface area (Å²) in [7, 11) is 0. The number of piperidine rings is 1. The van der Waals surface area contributed by atoms with Crippen LogP contribution in [0.1, 0.15) is 19.3 Å². The number of amides is 1. The van der Waals surface area contributed by atoms with Gasteiger partial charge in [0.2, 0.25) is 5.91 Å². The Morgan fingerprint density at radius 3 is 3.00 bits per heavy atom. The van der Waals surface area contributed by atoms with Crippen molar-refractivity contribution in [2.45, 2.75) is 31.3 Å². The van der Waals surface area contributed by atoms with Crippen LogP contribution in [-0.2, 0) is 4.79 Å². The van der Waals surface area contributed by atoms with Gasteiger partial charge in [-0.2, -0.15) is 5.26 Å². The van der Waals surface area contributed by atoms with Gasteiger partial charge in [0.15, 0.2) is 0 Å². The number of nitrogens with zero attached hydrogens (tertiary/aromatic N) is 2. The summed E-state index contributed by atoms with van der Waals surface area (Å²) in [6, 6.07) is 2.07. The molecule has 1 saturated carbocycles. The van der Waals surface area contributed by atoms with Crippen LogP contribution in [-0.4, -0.2) is 36.0 Å². The van der Waals surface area contributed by atoms with Crippen LogP contribution >= 0.6 is 0 Å². The maximum Gasteiger partial charge on any atom is 0.241 e. The number of hydrogen-bond donors (Lipinski definition) is 1. The molecule has 80 valence electrons. The third-order valence-electron chi connectivity index (χ3n) is 3.96. The standard InChI is InChI=1S/C11H15N3O/c12-5-8-2-1-3-14(8)11(15)10-9-4-7(9)6-13-10/h7-10,13H,1-4,6H2/t7?,8-,9?,10-/m0/s1. The number of nitriles is 1. The minimum Gasteiger partial charge on any atom is -0.325 e. The first-order chi connectivity index (χ1) is 7.31. The van der Waals surface area contributed by atoms with Gasteiger partial charge in [0.05, 0.1) is 12.1 Å². The van der Waals surface area contributed by atoms with Crippen LogP contribution in [0.15, 0.2) is 0 Å². The molecule has 2 saturated heterocycles. The summed E-state index contributed by atoms with van der Waals surface area (Å²) in [5, 5.41) is 12.2. The van der Waals surface area contributed by atoms with Crippen molar-refractivity contribution in [3.8, 4) is 6.07 Å². The van der Waals surface area contributed by atoms with E-state index in [0.29, 0.717) is 5.92 Å². The molecular weight excluding hydrogens is 190 g/mol. The molecule has 3 rings (SSSR count). The number of likely N-dealkylation sites (tertiary alicyclic amines) is 1. The third kappa shape index (κ3) is 1.34. The summed E-state index contributed by atoms with van der Waals surface area (Å²) in [6.07, 6.45) is 3.03. The van der Waals surface area contributed by atoms with E-state index in [-0.39, 0.29) is 18.0 Å². The van der Waals surface area contributed by atoms with Crippen LogP contribution in [0, 0.1) is 23.2 Å². The van der Waals surface area contributed by atoms with Crippen molar-refractivity contribution < 1.29 is 4.79 Å². The quantitative estimate of drug-likeness (QED) is 0.661. The molecule has 0 aromatic rings. The van der Waals surface area contributed by atoms with Gasteiger partial charge in [-0.1, -0.05) is 0 Å². The number of rotatable bonds is 1. The Hall–Kier alpha value is -1.08. The Morgan fingerprint density at radius 1 is 1.53 bits per heavy atom. The van der Waals surface area contributed by atoms with E-state index in [4.69, 9.17) is 5.26 Å². The third-order valence-corrected chi connectivity index (χ3v) is 3.96. The second-order valence-corrected chi connectivity index (χ2v) is 4.86. The Labute approximate surface area is 89.2 Å². The van der Waals surface area contributed by atoms with E-state index in [1.165, 1.54) is 6.42 Å². The zero-order valence-corrected chi connectivity index (χ0v) is 8.65. The molecule has 0 radical (unpaired) electrons. The highest BCUT2D eigenvalue weighted by atomic mass is 16.2. The number of carbonyl (C=O) groups excluding carboxylic acids is 1. The largest absolute Gasteiger partial charge is 0.325 e. The lowest BCUT2D eigenvalue weighted by Gasteiger charge is -2.24. The fourth-order valence-corrected chi connectivity index (χ4v) is 2.96. The van der Waals surface area contributed by atoms with E-state index in [2.05, 4.69) is 11.4 Å². The van der Waals surface area contributed by atoms with Gasteiger partial charge in [0, 0.05) is 6.54 Å². The fourth-order valence-electron chi connectivity index (χ4n) is 2.96. The van der Waals surface area contributed by atoms with Crippen molar-refractivity contribution >= 4 is 5.91 Å². The van der Waals surface area contributed by atoms with E-state index in [0.717, 1.165) is 31.8 Å². The molecule has 3 fully saturated rings. The molecule has 4 nitrogen and oxygen atoms in total. The molecule has 2 unspecified atom stereocenters. The topological polar surface area (TPSA) is 56.1 Å². The second kappa shape index (κ2) is 3.21. The van der Waals surface area contributed by atoms with Crippen molar-refractivity contribution in [3.05, 3.63) is 0 Å². The Kier molecular flexibility index (Phi) is 1.96. The zero-order valence-electron chi connectivity index (χ0n) is 8.65. The molecule has 1 amide bonds. The average molecular weight is 205 g/mol. The van der Waals surface area contributed by atoms with Crippen LogP contribution in [0.4, 0.5) is 0 Å². The van der Waals surface area contributed by atoms with E-state index in [1.54, 1.807) is 4.90 Å². The zero-order chi connectivity index (χ0) is 10.4. The van der Waals surface area contributed by atoms with Crippen LogP contribution in [0.3, 0.4) is 0 Å².